The molecule has 31 heavy (non-hydrogen) atoms. The highest BCUT2D eigenvalue weighted by Gasteiger charge is 2.24. The maximum atomic E-state index is 12.7. The SMILES string of the molecule is C/C1=C/CC(/C(C)=C/c2csc(C)n2)OC(=O)CCC(C)C(=O)C(C)C[C@@H](C)CCC1. The molecule has 4 atom stereocenters. The maximum Gasteiger partial charge on any atom is 0.306 e. The molecule has 1 aliphatic heterocycles. The number of carbonyl (C=O) groups is 2. The topological polar surface area (TPSA) is 56.3 Å². The number of thiazole rings is 1. The van der Waals surface area contributed by atoms with Crippen molar-refractivity contribution in [2.75, 3.05) is 0 Å². The Balaban J connectivity index is 2.18. The average molecular weight is 446 g/mol. The molecule has 0 radical (unpaired) electrons. The Morgan fingerprint density at radius 3 is 2.55 bits per heavy atom. The molecular formula is C26H39NO3S. The monoisotopic (exact) mass is 445 g/mol. The van der Waals surface area contributed by atoms with Gasteiger partial charge in [0.2, 0.25) is 0 Å². The second kappa shape index (κ2) is 12.3. The zero-order valence-corrected chi connectivity index (χ0v) is 20.9. The minimum atomic E-state index is -0.304. The third-order valence-electron chi connectivity index (χ3n) is 6.25. The third kappa shape index (κ3) is 8.72. The zero-order chi connectivity index (χ0) is 23.0. The molecule has 1 aliphatic rings. The van der Waals surface area contributed by atoms with Crippen LogP contribution in [-0.2, 0) is 14.3 Å². The van der Waals surface area contributed by atoms with Crippen molar-refractivity contribution >= 4 is 29.2 Å². The molecule has 0 bridgehead atoms. The highest BCUT2D eigenvalue weighted by Crippen LogP contribution is 2.25. The number of esters is 1. The normalized spacial score (nSPS) is 29.9. The van der Waals surface area contributed by atoms with Gasteiger partial charge in [0.05, 0.1) is 10.7 Å². The number of ether oxygens (including phenoxy) is 1. The summed E-state index contributed by atoms with van der Waals surface area (Å²) in [5, 5.41) is 3.04. The lowest BCUT2D eigenvalue weighted by molar-refractivity contribution is -0.147. The molecule has 0 amide bonds. The Morgan fingerprint density at radius 1 is 1.13 bits per heavy atom. The van der Waals surface area contributed by atoms with Crippen LogP contribution >= 0.6 is 11.3 Å². The number of ketones is 1. The van der Waals surface area contributed by atoms with Gasteiger partial charge in [-0.1, -0.05) is 38.8 Å². The van der Waals surface area contributed by atoms with Crippen molar-refractivity contribution in [3.8, 4) is 0 Å². The minimum Gasteiger partial charge on any atom is -0.457 e. The molecule has 1 aromatic rings. The molecule has 4 nitrogen and oxygen atoms in total. The van der Waals surface area contributed by atoms with Crippen molar-refractivity contribution in [2.24, 2.45) is 17.8 Å². The Bertz CT molecular complexity index is 807. The number of hydrogen-bond donors (Lipinski definition) is 0. The molecule has 2 rings (SSSR count). The van der Waals surface area contributed by atoms with Crippen molar-refractivity contribution in [1.82, 2.24) is 4.98 Å². The number of allylic oxidation sites excluding steroid dienone is 1. The van der Waals surface area contributed by atoms with Gasteiger partial charge in [0, 0.05) is 30.1 Å². The van der Waals surface area contributed by atoms with E-state index in [-0.39, 0.29) is 36.1 Å². The summed E-state index contributed by atoms with van der Waals surface area (Å²) in [4.78, 5) is 29.9. The smallest absolute Gasteiger partial charge is 0.306 e. The summed E-state index contributed by atoms with van der Waals surface area (Å²) in [7, 11) is 0. The van der Waals surface area contributed by atoms with E-state index in [0.717, 1.165) is 42.0 Å². The fourth-order valence-corrected chi connectivity index (χ4v) is 4.83. The lowest BCUT2D eigenvalue weighted by atomic mass is 9.84. The number of cyclic esters (lactones) is 1. The second-order valence-corrected chi connectivity index (χ2v) is 10.5. The number of nitrogens with zero attached hydrogens (tertiary/aromatic N) is 1. The fourth-order valence-electron chi connectivity index (χ4n) is 4.26. The predicted octanol–water partition coefficient (Wildman–Crippen LogP) is 6.93. The highest BCUT2D eigenvalue weighted by atomic mass is 32.1. The average Bonchev–Trinajstić information content (AvgIpc) is 3.12. The standard InChI is InChI=1S/C26H39NO3S/c1-17-8-7-9-18(2)14-21(5)26(29)19(3)11-13-25(28)30-24(12-10-17)20(4)15-23-16-31-22(6)27-23/h10,15-16,18-19,21,24H,7-9,11-14H2,1-6H3/b17-10-,20-15+/t18-,19?,21?,24?/m0/s1. The van der Waals surface area contributed by atoms with Gasteiger partial charge in [-0.2, -0.15) is 0 Å². The van der Waals surface area contributed by atoms with Crippen LogP contribution in [0.5, 0.6) is 0 Å². The molecule has 0 aromatic carbocycles. The third-order valence-corrected chi connectivity index (χ3v) is 7.04. The summed E-state index contributed by atoms with van der Waals surface area (Å²) in [6.45, 7) is 12.4. The summed E-state index contributed by atoms with van der Waals surface area (Å²) in [6.07, 6.45) is 9.64. The van der Waals surface area contributed by atoms with Crippen LogP contribution in [0.25, 0.3) is 6.08 Å². The molecule has 0 saturated carbocycles. The van der Waals surface area contributed by atoms with E-state index in [9.17, 15) is 9.59 Å². The predicted molar refractivity (Wildman–Crippen MR) is 129 cm³/mol. The van der Waals surface area contributed by atoms with Crippen LogP contribution in [0.15, 0.2) is 22.6 Å². The number of Topliss-reactive ketones (excluding diaryl/α,β-unsaturated/α-hetero) is 1. The zero-order valence-electron chi connectivity index (χ0n) is 20.1. The number of carbonyl (C=O) groups excluding carboxylic acids is 2. The molecule has 5 heteroatoms. The summed E-state index contributed by atoms with van der Waals surface area (Å²) in [6, 6.07) is 0. The molecule has 0 fully saturated rings. The first kappa shape index (κ1) is 25.5. The molecule has 172 valence electrons. The molecule has 0 spiro atoms. The Kier molecular flexibility index (Phi) is 10.1. The minimum absolute atomic E-state index is 0.0464. The molecule has 0 saturated heterocycles. The van der Waals surface area contributed by atoms with Crippen molar-refractivity contribution in [3.05, 3.63) is 33.3 Å². The van der Waals surface area contributed by atoms with Gasteiger partial charge < -0.3 is 4.74 Å². The van der Waals surface area contributed by atoms with Crippen LogP contribution in [0.1, 0.15) is 90.3 Å². The Morgan fingerprint density at radius 2 is 1.87 bits per heavy atom. The number of aryl methyl sites for hydroxylation is 1. The van der Waals surface area contributed by atoms with E-state index in [1.165, 1.54) is 5.57 Å². The van der Waals surface area contributed by atoms with Gasteiger partial charge in [-0.3, -0.25) is 9.59 Å². The molecular weight excluding hydrogens is 406 g/mol. The quantitative estimate of drug-likeness (QED) is 0.366. The van der Waals surface area contributed by atoms with E-state index >= 15 is 0 Å². The largest absolute Gasteiger partial charge is 0.457 e. The Labute approximate surface area is 192 Å². The van der Waals surface area contributed by atoms with E-state index in [2.05, 4.69) is 24.9 Å². The summed E-state index contributed by atoms with van der Waals surface area (Å²) in [5.74, 6) is 0.514. The second-order valence-electron chi connectivity index (χ2n) is 9.42. The van der Waals surface area contributed by atoms with Crippen LogP contribution in [0.2, 0.25) is 0 Å². The van der Waals surface area contributed by atoms with Crippen LogP contribution in [0, 0.1) is 24.7 Å². The fraction of sp³-hybridized carbons (Fsp3) is 0.654. The van der Waals surface area contributed by atoms with Gasteiger partial charge in [-0.25, -0.2) is 4.98 Å². The number of rotatable bonds is 2. The summed E-state index contributed by atoms with van der Waals surface area (Å²) < 4.78 is 5.88. The van der Waals surface area contributed by atoms with Crippen molar-refractivity contribution in [3.63, 3.8) is 0 Å². The highest BCUT2D eigenvalue weighted by molar-refractivity contribution is 7.09. The van der Waals surface area contributed by atoms with Gasteiger partial charge in [0.1, 0.15) is 11.9 Å². The molecule has 2 heterocycles. The van der Waals surface area contributed by atoms with E-state index in [4.69, 9.17) is 4.74 Å². The summed E-state index contributed by atoms with van der Waals surface area (Å²) in [5.41, 5.74) is 3.23. The molecule has 0 N–H and O–H groups in total. The van der Waals surface area contributed by atoms with E-state index in [1.54, 1.807) is 11.3 Å². The van der Waals surface area contributed by atoms with Crippen molar-refractivity contribution in [2.45, 2.75) is 92.6 Å². The van der Waals surface area contributed by atoms with Gasteiger partial charge in [-0.15, -0.1) is 11.3 Å². The van der Waals surface area contributed by atoms with Crippen LogP contribution in [0.3, 0.4) is 0 Å². The first-order valence-corrected chi connectivity index (χ1v) is 12.5. The Hall–Kier alpha value is -1.75. The summed E-state index contributed by atoms with van der Waals surface area (Å²) >= 11 is 1.61. The van der Waals surface area contributed by atoms with Crippen LogP contribution < -0.4 is 0 Å². The van der Waals surface area contributed by atoms with E-state index < -0.39 is 0 Å². The lowest BCUT2D eigenvalue weighted by Crippen LogP contribution is -2.24. The van der Waals surface area contributed by atoms with Gasteiger partial charge >= 0.3 is 5.97 Å². The van der Waals surface area contributed by atoms with Gasteiger partial charge in [-0.05, 0) is 64.0 Å². The molecule has 3 unspecified atom stereocenters. The van der Waals surface area contributed by atoms with Crippen LogP contribution in [-0.4, -0.2) is 22.8 Å². The van der Waals surface area contributed by atoms with Crippen molar-refractivity contribution in [1.29, 1.82) is 0 Å². The van der Waals surface area contributed by atoms with Gasteiger partial charge in [0.25, 0.3) is 0 Å². The van der Waals surface area contributed by atoms with E-state index in [1.807, 2.05) is 39.2 Å². The molecule has 0 aliphatic carbocycles. The first-order valence-electron chi connectivity index (χ1n) is 11.6. The van der Waals surface area contributed by atoms with Crippen LogP contribution in [0.4, 0.5) is 0 Å². The van der Waals surface area contributed by atoms with Gasteiger partial charge in [0.15, 0.2) is 0 Å². The maximum absolute atomic E-state index is 12.7. The van der Waals surface area contributed by atoms with E-state index in [0.29, 0.717) is 18.8 Å². The lowest BCUT2D eigenvalue weighted by Gasteiger charge is -2.21. The van der Waals surface area contributed by atoms with Crippen molar-refractivity contribution < 1.29 is 14.3 Å². The number of aromatic nitrogens is 1. The first-order chi connectivity index (χ1) is 14.7. The molecule has 1 aromatic heterocycles. The number of hydrogen-bond acceptors (Lipinski definition) is 5.